The van der Waals surface area contributed by atoms with Gasteiger partial charge in [0, 0.05) is 18.1 Å². The number of aromatic hydroxyl groups is 1. The first-order valence-electron chi connectivity index (χ1n) is 11.3. The lowest BCUT2D eigenvalue weighted by Crippen LogP contribution is -2.54. The zero-order valence-corrected chi connectivity index (χ0v) is 20.5. The van der Waals surface area contributed by atoms with Crippen LogP contribution in [0, 0.1) is 0 Å². The second-order valence-electron chi connectivity index (χ2n) is 8.23. The molecule has 0 spiro atoms. The third kappa shape index (κ3) is 5.22. The van der Waals surface area contributed by atoms with Crippen molar-refractivity contribution in [1.82, 2.24) is 14.9 Å². The number of nitrogens with one attached hydrogen (secondary N) is 1. The summed E-state index contributed by atoms with van der Waals surface area (Å²) in [5.41, 5.74) is -0.842. The molecule has 1 aliphatic rings. The van der Waals surface area contributed by atoms with E-state index in [-0.39, 0.29) is 22.2 Å². The summed E-state index contributed by atoms with van der Waals surface area (Å²) in [4.78, 5) is 31.0. The predicted molar refractivity (Wildman–Crippen MR) is 139 cm³/mol. The lowest BCUT2D eigenvalue weighted by molar-refractivity contribution is -0.138. The first kappa shape index (κ1) is 25.7. The van der Waals surface area contributed by atoms with E-state index in [1.54, 1.807) is 36.4 Å². The monoisotopic (exact) mass is 550 g/mol. The summed E-state index contributed by atoms with van der Waals surface area (Å²) in [5, 5.41) is 12.6. The number of thiocarbonyl (C=S) groups is 1. The molecule has 5 rings (SSSR count). The Labute approximate surface area is 224 Å². The highest BCUT2D eigenvalue weighted by molar-refractivity contribution is 7.80. The van der Waals surface area contributed by atoms with E-state index in [0.717, 1.165) is 4.90 Å². The maximum Gasteiger partial charge on any atom is 0.418 e. The number of alkyl halides is 3. The van der Waals surface area contributed by atoms with Gasteiger partial charge in [0.2, 0.25) is 0 Å². The van der Waals surface area contributed by atoms with Gasteiger partial charge in [-0.25, -0.2) is 4.98 Å². The summed E-state index contributed by atoms with van der Waals surface area (Å²) < 4.78 is 45.9. The minimum Gasteiger partial charge on any atom is -0.504 e. The van der Waals surface area contributed by atoms with Gasteiger partial charge in [-0.1, -0.05) is 18.2 Å². The van der Waals surface area contributed by atoms with Crippen LogP contribution in [0.1, 0.15) is 11.3 Å². The topological polar surface area (TPSA) is 96.7 Å². The van der Waals surface area contributed by atoms with Gasteiger partial charge < -0.3 is 9.84 Å². The average molecular weight is 551 g/mol. The van der Waals surface area contributed by atoms with Crippen LogP contribution in [-0.2, 0) is 15.8 Å². The van der Waals surface area contributed by atoms with Gasteiger partial charge in [-0.15, -0.1) is 0 Å². The number of ether oxygens (including phenoxy) is 1. The van der Waals surface area contributed by atoms with Crippen molar-refractivity contribution in [2.45, 2.75) is 6.18 Å². The Kier molecular flexibility index (Phi) is 6.62. The molecule has 8 nitrogen and oxygen atoms in total. The molecule has 1 saturated heterocycles. The molecule has 39 heavy (non-hydrogen) atoms. The molecule has 2 amide bonds. The smallest absolute Gasteiger partial charge is 0.418 e. The first-order valence-corrected chi connectivity index (χ1v) is 11.7. The molecule has 196 valence electrons. The standard InChI is InChI=1S/C27H17F3N4O4S/c28-27(29,30)16-13-22(35)23(31-15-16)33-12-4-5-18(33)14-21-24(36)32-26(39)34(25(21)37)17-8-10-20(11-9-17)38-19-6-2-1-3-7-19/h1-15,35H,(H,32,36,39)/b21-14+. The van der Waals surface area contributed by atoms with Gasteiger partial charge >= 0.3 is 6.18 Å². The molecule has 0 aliphatic carbocycles. The van der Waals surface area contributed by atoms with Crippen molar-refractivity contribution >= 4 is 40.9 Å². The molecule has 3 heterocycles. The molecular formula is C27H17F3N4O4S. The molecule has 1 aliphatic heterocycles. The number of hydrogen-bond donors (Lipinski definition) is 2. The minimum absolute atomic E-state index is 0.128. The molecule has 2 aromatic carbocycles. The number of carbonyl (C=O) groups excluding carboxylic acids is 2. The van der Waals surface area contributed by atoms with Gasteiger partial charge in [0.15, 0.2) is 16.7 Å². The van der Waals surface area contributed by atoms with Crippen molar-refractivity contribution in [1.29, 1.82) is 0 Å². The van der Waals surface area contributed by atoms with Crippen LogP contribution >= 0.6 is 12.2 Å². The maximum absolute atomic E-state index is 13.4. The largest absolute Gasteiger partial charge is 0.504 e. The fraction of sp³-hybridized carbons (Fsp3) is 0.0370. The quantitative estimate of drug-likeness (QED) is 0.201. The van der Waals surface area contributed by atoms with Crippen molar-refractivity contribution < 1.29 is 32.6 Å². The number of anilines is 1. The fourth-order valence-corrected chi connectivity index (χ4v) is 4.10. The lowest BCUT2D eigenvalue weighted by Gasteiger charge is -2.29. The Balaban J connectivity index is 1.44. The molecule has 12 heteroatoms. The molecule has 0 saturated carbocycles. The van der Waals surface area contributed by atoms with E-state index in [2.05, 4.69) is 10.3 Å². The van der Waals surface area contributed by atoms with E-state index in [4.69, 9.17) is 17.0 Å². The Morgan fingerprint density at radius 3 is 2.33 bits per heavy atom. The van der Waals surface area contributed by atoms with E-state index in [1.165, 1.54) is 29.0 Å². The molecule has 4 aromatic rings. The van der Waals surface area contributed by atoms with Gasteiger partial charge in [0.1, 0.15) is 17.1 Å². The van der Waals surface area contributed by atoms with Crippen LogP contribution in [0.3, 0.4) is 0 Å². The number of pyridine rings is 1. The van der Waals surface area contributed by atoms with E-state index < -0.39 is 29.3 Å². The van der Waals surface area contributed by atoms with Crippen molar-refractivity contribution in [2.24, 2.45) is 0 Å². The third-order valence-corrected chi connectivity index (χ3v) is 5.94. The van der Waals surface area contributed by atoms with Gasteiger partial charge in [-0.2, -0.15) is 13.2 Å². The highest BCUT2D eigenvalue weighted by atomic mass is 32.1. The van der Waals surface area contributed by atoms with Crippen molar-refractivity contribution in [3.63, 3.8) is 0 Å². The van der Waals surface area contributed by atoms with E-state index in [0.29, 0.717) is 29.4 Å². The molecule has 0 radical (unpaired) electrons. The first-order chi connectivity index (χ1) is 18.6. The van der Waals surface area contributed by atoms with Crippen molar-refractivity contribution in [3.05, 3.63) is 102 Å². The molecule has 0 unspecified atom stereocenters. The predicted octanol–water partition coefficient (Wildman–Crippen LogP) is 5.22. The third-order valence-electron chi connectivity index (χ3n) is 5.65. The molecule has 2 aromatic heterocycles. The van der Waals surface area contributed by atoms with Gasteiger partial charge in [0.25, 0.3) is 11.8 Å². The molecule has 0 bridgehead atoms. The van der Waals surface area contributed by atoms with Crippen LogP contribution in [0.25, 0.3) is 11.9 Å². The second kappa shape index (κ2) is 10.1. The number of nitrogens with zero attached hydrogens (tertiary/aromatic N) is 3. The SMILES string of the molecule is O=C1NC(=S)N(c2ccc(Oc3ccccc3)cc2)C(=O)/C1=C/c1cccn1-c1ncc(C(F)(F)F)cc1O. The maximum atomic E-state index is 13.4. The Morgan fingerprint density at radius 2 is 1.67 bits per heavy atom. The van der Waals surface area contributed by atoms with Gasteiger partial charge in [-0.05, 0) is 72.9 Å². The van der Waals surface area contributed by atoms with Crippen LogP contribution in [0.4, 0.5) is 18.9 Å². The van der Waals surface area contributed by atoms with Crippen LogP contribution < -0.4 is 15.0 Å². The van der Waals surface area contributed by atoms with Gasteiger partial charge in [0.05, 0.1) is 11.3 Å². The highest BCUT2D eigenvalue weighted by Crippen LogP contribution is 2.33. The zero-order valence-electron chi connectivity index (χ0n) is 19.7. The Hall–Kier alpha value is -4.97. The summed E-state index contributed by atoms with van der Waals surface area (Å²) in [6.45, 7) is 0. The summed E-state index contributed by atoms with van der Waals surface area (Å²) in [6, 6.07) is 19.1. The molecule has 2 N–H and O–H groups in total. The molecular weight excluding hydrogens is 533 g/mol. The number of aromatic nitrogens is 2. The minimum atomic E-state index is -4.69. The number of halogens is 3. The average Bonchev–Trinajstić information content (AvgIpc) is 3.35. The van der Waals surface area contributed by atoms with Crippen LogP contribution in [0.5, 0.6) is 17.2 Å². The van der Waals surface area contributed by atoms with E-state index >= 15 is 0 Å². The van der Waals surface area contributed by atoms with E-state index in [9.17, 15) is 27.9 Å². The zero-order chi connectivity index (χ0) is 27.7. The number of benzene rings is 2. The Morgan fingerprint density at radius 1 is 0.974 bits per heavy atom. The fourth-order valence-electron chi connectivity index (χ4n) is 3.82. The summed E-state index contributed by atoms with van der Waals surface area (Å²) >= 11 is 5.24. The highest BCUT2D eigenvalue weighted by Gasteiger charge is 2.35. The lowest BCUT2D eigenvalue weighted by atomic mass is 10.1. The van der Waals surface area contributed by atoms with Crippen LogP contribution in [-0.4, -0.2) is 31.6 Å². The van der Waals surface area contributed by atoms with Gasteiger partial charge in [-0.3, -0.25) is 24.4 Å². The molecule has 0 atom stereocenters. The summed E-state index contributed by atoms with van der Waals surface area (Å²) in [6.07, 6.45) is -1.46. The number of para-hydroxylation sites is 1. The second-order valence-corrected chi connectivity index (χ2v) is 8.62. The summed E-state index contributed by atoms with van der Waals surface area (Å²) in [7, 11) is 0. The van der Waals surface area contributed by atoms with E-state index in [1.807, 2.05) is 18.2 Å². The normalized spacial score (nSPS) is 15.0. The Bertz CT molecular complexity index is 1620. The summed E-state index contributed by atoms with van der Waals surface area (Å²) in [5.74, 6) is -1.29. The van der Waals surface area contributed by atoms with Crippen molar-refractivity contribution in [2.75, 3.05) is 4.90 Å². The number of hydrogen-bond acceptors (Lipinski definition) is 6. The van der Waals surface area contributed by atoms with Crippen LogP contribution in [0.15, 0.2) is 90.8 Å². The number of amides is 2. The number of rotatable bonds is 5. The van der Waals surface area contributed by atoms with Crippen molar-refractivity contribution in [3.8, 4) is 23.1 Å². The van der Waals surface area contributed by atoms with Crippen LogP contribution in [0.2, 0.25) is 0 Å². The molecule has 1 fully saturated rings. The number of carbonyl (C=O) groups is 2.